The number of carbonyl (C=O) groups is 2. The van der Waals surface area contributed by atoms with Crippen molar-refractivity contribution in [1.82, 2.24) is 14.4 Å². The fraction of sp³-hybridized carbons (Fsp3) is 0.778. The Morgan fingerprint density at radius 2 is 1.50 bits per heavy atom. The molecule has 4 bridgehead atoms. The Bertz CT molecular complexity index is 789. The first-order valence-electron chi connectivity index (χ1n) is 12.8. The zero-order chi connectivity index (χ0) is 23.0. The summed E-state index contributed by atoms with van der Waals surface area (Å²) in [6.07, 6.45) is 9.17. The van der Waals surface area contributed by atoms with E-state index in [4.69, 9.17) is 0 Å². The summed E-state index contributed by atoms with van der Waals surface area (Å²) < 4.78 is 2.08. The smallest absolute Gasteiger partial charge is 0.242 e. The molecule has 0 unspecified atom stereocenters. The van der Waals surface area contributed by atoms with Gasteiger partial charge >= 0.3 is 0 Å². The number of hydrogen-bond acceptors (Lipinski definition) is 2. The molecule has 5 nitrogen and oxygen atoms in total. The monoisotopic (exact) mass is 441 g/mol. The fourth-order valence-electron chi connectivity index (χ4n) is 7.18. The third kappa shape index (κ3) is 4.92. The van der Waals surface area contributed by atoms with Crippen LogP contribution in [0.25, 0.3) is 0 Å². The molecule has 178 valence electrons. The SMILES string of the molecule is CC(C)CN(Cc1cccn1C)C(=O)CN(CC(C)C)C(=O)C12CC3CC(CC(C3)C1)C2. The molecule has 1 aromatic rings. The van der Waals surface area contributed by atoms with Gasteiger partial charge in [0.25, 0.3) is 0 Å². The molecule has 0 N–H and O–H groups in total. The Hall–Kier alpha value is -1.78. The quantitative estimate of drug-likeness (QED) is 0.557. The van der Waals surface area contributed by atoms with Crippen LogP contribution in [-0.2, 0) is 23.2 Å². The number of amides is 2. The molecule has 0 atom stereocenters. The van der Waals surface area contributed by atoms with Crippen molar-refractivity contribution >= 4 is 11.8 Å². The van der Waals surface area contributed by atoms with Crippen LogP contribution < -0.4 is 0 Å². The summed E-state index contributed by atoms with van der Waals surface area (Å²) in [6.45, 7) is 10.8. The second-order valence-corrected chi connectivity index (χ2v) is 12.1. The number of aryl methyl sites for hydroxylation is 1. The standard InChI is InChI=1S/C27H43N3O2/c1-19(2)15-29(17-24-7-6-8-28(24)5)25(31)18-30(16-20(3)4)26(32)27-12-21-9-22(13-27)11-23(10-21)14-27/h6-8,19-23H,9-18H2,1-5H3. The van der Waals surface area contributed by atoms with Gasteiger partial charge in [0.15, 0.2) is 0 Å². The minimum Gasteiger partial charge on any atom is -0.353 e. The molecular weight excluding hydrogens is 398 g/mol. The van der Waals surface area contributed by atoms with Crippen molar-refractivity contribution in [3.05, 3.63) is 24.0 Å². The molecule has 5 rings (SSSR count). The van der Waals surface area contributed by atoms with Crippen molar-refractivity contribution in [2.75, 3.05) is 19.6 Å². The van der Waals surface area contributed by atoms with Gasteiger partial charge < -0.3 is 14.4 Å². The first-order valence-corrected chi connectivity index (χ1v) is 12.8. The first kappa shape index (κ1) is 23.4. The highest BCUT2D eigenvalue weighted by Crippen LogP contribution is 2.60. The molecule has 4 aliphatic rings. The summed E-state index contributed by atoms with van der Waals surface area (Å²) in [6, 6.07) is 4.10. The zero-order valence-corrected chi connectivity index (χ0v) is 20.8. The summed E-state index contributed by atoms with van der Waals surface area (Å²) in [5, 5.41) is 0. The predicted molar refractivity (Wildman–Crippen MR) is 128 cm³/mol. The third-order valence-corrected chi connectivity index (χ3v) is 8.03. The van der Waals surface area contributed by atoms with Gasteiger partial charge in [0.1, 0.15) is 0 Å². The fourth-order valence-corrected chi connectivity index (χ4v) is 7.18. The molecular formula is C27H43N3O2. The van der Waals surface area contributed by atoms with E-state index in [1.165, 1.54) is 19.3 Å². The Labute approximate surface area is 194 Å². The van der Waals surface area contributed by atoms with Crippen molar-refractivity contribution in [2.24, 2.45) is 42.1 Å². The van der Waals surface area contributed by atoms with Crippen LogP contribution in [0, 0.1) is 35.0 Å². The lowest BCUT2D eigenvalue weighted by Crippen LogP contribution is -2.56. The van der Waals surface area contributed by atoms with Crippen LogP contribution in [0.1, 0.15) is 71.9 Å². The van der Waals surface area contributed by atoms with Gasteiger partial charge in [-0.2, -0.15) is 0 Å². The maximum Gasteiger partial charge on any atom is 0.242 e. The van der Waals surface area contributed by atoms with Gasteiger partial charge in [-0.05, 0) is 80.2 Å². The average Bonchev–Trinajstić information content (AvgIpc) is 3.09. The Morgan fingerprint density at radius 1 is 0.969 bits per heavy atom. The van der Waals surface area contributed by atoms with E-state index in [1.807, 2.05) is 29.1 Å². The molecule has 5 heteroatoms. The van der Waals surface area contributed by atoms with E-state index >= 15 is 0 Å². The minimum absolute atomic E-state index is 0.0821. The summed E-state index contributed by atoms with van der Waals surface area (Å²) in [5.74, 6) is 3.30. The molecule has 1 aromatic heterocycles. The first-order chi connectivity index (χ1) is 15.1. The van der Waals surface area contributed by atoms with Gasteiger partial charge in [-0.25, -0.2) is 0 Å². The van der Waals surface area contributed by atoms with Crippen LogP contribution in [0.4, 0.5) is 0 Å². The van der Waals surface area contributed by atoms with Gasteiger partial charge in [-0.1, -0.05) is 27.7 Å². The number of rotatable bonds is 9. The molecule has 4 aliphatic carbocycles. The summed E-state index contributed by atoms with van der Waals surface area (Å²) >= 11 is 0. The molecule has 4 saturated carbocycles. The van der Waals surface area contributed by atoms with E-state index in [0.717, 1.165) is 42.7 Å². The normalized spacial score (nSPS) is 28.5. The minimum atomic E-state index is -0.190. The van der Waals surface area contributed by atoms with Gasteiger partial charge in [0.05, 0.1) is 18.5 Å². The van der Waals surface area contributed by atoms with E-state index in [2.05, 4.69) is 38.3 Å². The van der Waals surface area contributed by atoms with Crippen LogP contribution in [0.5, 0.6) is 0 Å². The van der Waals surface area contributed by atoms with Crippen LogP contribution in [-0.4, -0.2) is 45.8 Å². The summed E-state index contributed by atoms with van der Waals surface area (Å²) in [5.41, 5.74) is 0.937. The molecule has 0 spiro atoms. The largest absolute Gasteiger partial charge is 0.353 e. The van der Waals surface area contributed by atoms with E-state index < -0.39 is 0 Å². The van der Waals surface area contributed by atoms with Crippen molar-refractivity contribution in [3.63, 3.8) is 0 Å². The number of nitrogens with zero attached hydrogens (tertiary/aromatic N) is 3. The zero-order valence-electron chi connectivity index (χ0n) is 20.8. The second-order valence-electron chi connectivity index (χ2n) is 12.1. The van der Waals surface area contributed by atoms with Crippen LogP contribution in [0.2, 0.25) is 0 Å². The van der Waals surface area contributed by atoms with E-state index in [0.29, 0.717) is 31.5 Å². The highest BCUT2D eigenvalue weighted by molar-refractivity contribution is 5.88. The van der Waals surface area contributed by atoms with E-state index in [1.54, 1.807) is 0 Å². The number of aromatic nitrogens is 1. The van der Waals surface area contributed by atoms with Crippen molar-refractivity contribution < 1.29 is 9.59 Å². The third-order valence-electron chi connectivity index (χ3n) is 8.03. The Kier molecular flexibility index (Phi) is 6.74. The maximum atomic E-state index is 14.0. The van der Waals surface area contributed by atoms with Crippen LogP contribution in [0.15, 0.2) is 18.3 Å². The highest BCUT2D eigenvalue weighted by Gasteiger charge is 2.55. The lowest BCUT2D eigenvalue weighted by Gasteiger charge is -2.56. The van der Waals surface area contributed by atoms with Crippen LogP contribution >= 0.6 is 0 Å². The summed E-state index contributed by atoms with van der Waals surface area (Å²) in [7, 11) is 2.02. The molecule has 1 heterocycles. The Morgan fingerprint density at radius 3 is 1.97 bits per heavy atom. The maximum absolute atomic E-state index is 14.0. The van der Waals surface area contributed by atoms with E-state index in [-0.39, 0.29) is 23.8 Å². The average molecular weight is 442 g/mol. The summed E-state index contributed by atoms with van der Waals surface area (Å²) in [4.78, 5) is 31.5. The molecule has 0 radical (unpaired) electrons. The van der Waals surface area contributed by atoms with Gasteiger partial charge in [0, 0.05) is 32.0 Å². The molecule has 32 heavy (non-hydrogen) atoms. The molecule has 0 aliphatic heterocycles. The van der Waals surface area contributed by atoms with Crippen molar-refractivity contribution in [1.29, 1.82) is 0 Å². The van der Waals surface area contributed by atoms with Gasteiger partial charge in [0.2, 0.25) is 11.8 Å². The number of carbonyl (C=O) groups excluding carboxylic acids is 2. The number of hydrogen-bond donors (Lipinski definition) is 0. The highest BCUT2D eigenvalue weighted by atomic mass is 16.2. The Balaban J connectivity index is 1.51. The predicted octanol–water partition coefficient (Wildman–Crippen LogP) is 4.71. The molecule has 4 fully saturated rings. The molecule has 0 aromatic carbocycles. The van der Waals surface area contributed by atoms with Gasteiger partial charge in [-0.3, -0.25) is 9.59 Å². The van der Waals surface area contributed by atoms with Crippen molar-refractivity contribution in [3.8, 4) is 0 Å². The molecule has 2 amide bonds. The van der Waals surface area contributed by atoms with E-state index in [9.17, 15) is 9.59 Å². The van der Waals surface area contributed by atoms with Crippen molar-refractivity contribution in [2.45, 2.75) is 72.8 Å². The van der Waals surface area contributed by atoms with Gasteiger partial charge in [-0.15, -0.1) is 0 Å². The second kappa shape index (κ2) is 9.23. The topological polar surface area (TPSA) is 45.6 Å². The van der Waals surface area contributed by atoms with Crippen LogP contribution in [0.3, 0.4) is 0 Å². The molecule has 0 saturated heterocycles. The lowest BCUT2D eigenvalue weighted by atomic mass is 9.49. The lowest BCUT2D eigenvalue weighted by molar-refractivity contribution is -0.161.